The first-order valence-electron chi connectivity index (χ1n) is 6.20. The minimum atomic E-state index is -0.995. The van der Waals surface area contributed by atoms with Crippen LogP contribution in [0, 0.1) is 11.8 Å². The van der Waals surface area contributed by atoms with E-state index in [1.807, 2.05) is 6.92 Å². The maximum Gasteiger partial charge on any atom is 0.326 e. The molecule has 0 spiro atoms. The molecule has 0 heterocycles. The van der Waals surface area contributed by atoms with E-state index in [1.165, 1.54) is 12.8 Å². The minimum absolute atomic E-state index is 0.101. The average Bonchev–Trinajstić information content (AvgIpc) is 2.96. The van der Waals surface area contributed by atoms with Gasteiger partial charge in [0.2, 0.25) is 0 Å². The molecule has 1 unspecified atom stereocenters. The van der Waals surface area contributed by atoms with Gasteiger partial charge in [0.15, 0.2) is 0 Å². The minimum Gasteiger partial charge on any atom is -0.480 e. The van der Waals surface area contributed by atoms with Gasteiger partial charge in [0.1, 0.15) is 6.04 Å². The summed E-state index contributed by atoms with van der Waals surface area (Å²) < 4.78 is 0. The van der Waals surface area contributed by atoms with E-state index in [9.17, 15) is 9.59 Å². The third kappa shape index (κ3) is 5.06. The highest BCUT2D eigenvalue weighted by molar-refractivity contribution is 5.82. The molecule has 0 aromatic rings. The van der Waals surface area contributed by atoms with E-state index in [0.29, 0.717) is 0 Å². The van der Waals surface area contributed by atoms with Gasteiger partial charge < -0.3 is 15.7 Å². The molecule has 98 valence electrons. The predicted molar refractivity (Wildman–Crippen MR) is 64.7 cm³/mol. The summed E-state index contributed by atoms with van der Waals surface area (Å²) >= 11 is 0. The Morgan fingerprint density at radius 3 is 2.24 bits per heavy atom. The molecule has 0 radical (unpaired) electrons. The van der Waals surface area contributed by atoms with Gasteiger partial charge in [-0.25, -0.2) is 9.59 Å². The molecule has 1 aliphatic carbocycles. The van der Waals surface area contributed by atoms with Crippen LogP contribution in [0.3, 0.4) is 0 Å². The zero-order valence-corrected chi connectivity index (χ0v) is 10.7. The number of carboxylic acids is 1. The number of hydrogen-bond acceptors (Lipinski definition) is 2. The quantitative estimate of drug-likeness (QED) is 0.661. The van der Waals surface area contributed by atoms with E-state index in [4.69, 9.17) is 5.11 Å². The number of amides is 2. The molecule has 1 saturated carbocycles. The van der Waals surface area contributed by atoms with E-state index >= 15 is 0 Å². The number of nitrogens with one attached hydrogen (secondary N) is 2. The Morgan fingerprint density at radius 2 is 1.82 bits per heavy atom. The normalized spacial score (nSPS) is 18.6. The van der Waals surface area contributed by atoms with Crippen LogP contribution in [0.15, 0.2) is 0 Å². The Morgan fingerprint density at radius 1 is 1.24 bits per heavy atom. The maximum atomic E-state index is 11.6. The van der Waals surface area contributed by atoms with Gasteiger partial charge in [-0.15, -0.1) is 0 Å². The summed E-state index contributed by atoms with van der Waals surface area (Å²) in [5.74, 6) is -0.382. The zero-order valence-electron chi connectivity index (χ0n) is 10.7. The van der Waals surface area contributed by atoms with Gasteiger partial charge in [0.05, 0.1) is 0 Å². The topological polar surface area (TPSA) is 78.4 Å². The molecule has 0 aromatic heterocycles. The highest BCUT2D eigenvalue weighted by atomic mass is 16.4. The van der Waals surface area contributed by atoms with Crippen LogP contribution in [-0.2, 0) is 4.79 Å². The number of hydrogen-bond donors (Lipinski definition) is 3. The molecule has 1 fully saturated rings. The van der Waals surface area contributed by atoms with Crippen molar-refractivity contribution in [2.75, 3.05) is 0 Å². The molecule has 1 aliphatic rings. The highest BCUT2D eigenvalue weighted by Gasteiger charge is 2.26. The number of aliphatic carboxylic acids is 1. The van der Waals surface area contributed by atoms with Crippen molar-refractivity contribution in [1.82, 2.24) is 10.6 Å². The van der Waals surface area contributed by atoms with Crippen LogP contribution in [0.2, 0.25) is 0 Å². The van der Waals surface area contributed by atoms with Gasteiger partial charge in [0.25, 0.3) is 0 Å². The number of carbonyl (C=O) groups excluding carboxylic acids is 1. The van der Waals surface area contributed by atoms with Crippen molar-refractivity contribution in [3.05, 3.63) is 0 Å². The Bertz CT molecular complexity index is 287. The molecule has 0 aromatic carbocycles. The monoisotopic (exact) mass is 242 g/mol. The number of urea groups is 1. The Labute approximate surface area is 102 Å². The summed E-state index contributed by atoms with van der Waals surface area (Å²) in [5.41, 5.74) is 0. The fraction of sp³-hybridized carbons (Fsp3) is 0.833. The lowest BCUT2D eigenvalue weighted by Gasteiger charge is -2.20. The summed E-state index contributed by atoms with van der Waals surface area (Å²) in [6, 6.07) is -1.12. The van der Waals surface area contributed by atoms with Crippen LogP contribution in [0.4, 0.5) is 4.79 Å². The summed E-state index contributed by atoms with van der Waals surface area (Å²) in [7, 11) is 0. The van der Waals surface area contributed by atoms with Gasteiger partial charge in [0, 0.05) is 6.04 Å². The first-order chi connectivity index (χ1) is 7.90. The fourth-order valence-electron chi connectivity index (χ4n) is 1.83. The standard InChI is InChI=1S/C12H22N2O3/c1-7(2)10(11(15)16)14-12(17)13-8(3)6-9-4-5-9/h7-10H,4-6H2,1-3H3,(H,15,16)(H2,13,14,17)/t8?,10-/m1/s1. The Kier molecular flexibility index (Phi) is 4.78. The first kappa shape index (κ1) is 13.8. The van der Waals surface area contributed by atoms with Crippen molar-refractivity contribution >= 4 is 12.0 Å². The van der Waals surface area contributed by atoms with Gasteiger partial charge in [-0.3, -0.25) is 0 Å². The van der Waals surface area contributed by atoms with Crippen molar-refractivity contribution in [2.45, 2.75) is 52.1 Å². The molecule has 0 bridgehead atoms. The average molecular weight is 242 g/mol. The molecular weight excluding hydrogens is 220 g/mol. The molecule has 5 heteroatoms. The van der Waals surface area contributed by atoms with Crippen LogP contribution in [0.1, 0.15) is 40.0 Å². The fourth-order valence-corrected chi connectivity index (χ4v) is 1.83. The smallest absolute Gasteiger partial charge is 0.326 e. The van der Waals surface area contributed by atoms with Crippen LogP contribution in [0.5, 0.6) is 0 Å². The second-order valence-electron chi connectivity index (χ2n) is 5.26. The van der Waals surface area contributed by atoms with Crippen LogP contribution < -0.4 is 10.6 Å². The third-order valence-electron chi connectivity index (χ3n) is 2.98. The van der Waals surface area contributed by atoms with E-state index in [2.05, 4.69) is 10.6 Å². The number of carbonyl (C=O) groups is 2. The number of carboxylic acid groups (broad SMARTS) is 1. The van der Waals surface area contributed by atoms with Crippen molar-refractivity contribution in [2.24, 2.45) is 11.8 Å². The number of rotatable bonds is 6. The van der Waals surface area contributed by atoms with E-state index < -0.39 is 12.0 Å². The molecule has 5 nitrogen and oxygen atoms in total. The van der Waals surface area contributed by atoms with Crippen molar-refractivity contribution in [3.63, 3.8) is 0 Å². The summed E-state index contributed by atoms with van der Waals surface area (Å²) in [6.07, 6.45) is 3.47. The molecule has 0 aliphatic heterocycles. The first-order valence-corrected chi connectivity index (χ1v) is 6.20. The van der Waals surface area contributed by atoms with E-state index in [-0.39, 0.29) is 18.0 Å². The summed E-state index contributed by atoms with van der Waals surface area (Å²) in [6.45, 7) is 5.49. The van der Waals surface area contributed by atoms with Gasteiger partial charge in [-0.05, 0) is 25.2 Å². The van der Waals surface area contributed by atoms with Gasteiger partial charge >= 0.3 is 12.0 Å². The van der Waals surface area contributed by atoms with Crippen LogP contribution in [-0.4, -0.2) is 29.2 Å². The van der Waals surface area contributed by atoms with Crippen molar-refractivity contribution in [1.29, 1.82) is 0 Å². The Hall–Kier alpha value is -1.26. The molecule has 2 atom stereocenters. The molecule has 3 N–H and O–H groups in total. The second-order valence-corrected chi connectivity index (χ2v) is 5.26. The largest absolute Gasteiger partial charge is 0.480 e. The molecule has 2 amide bonds. The van der Waals surface area contributed by atoms with Crippen molar-refractivity contribution in [3.8, 4) is 0 Å². The third-order valence-corrected chi connectivity index (χ3v) is 2.98. The van der Waals surface area contributed by atoms with Gasteiger partial charge in [-0.1, -0.05) is 26.7 Å². The Balaban J connectivity index is 2.32. The predicted octanol–water partition coefficient (Wildman–Crippen LogP) is 1.58. The lowest BCUT2D eigenvalue weighted by molar-refractivity contribution is -0.140. The van der Waals surface area contributed by atoms with Gasteiger partial charge in [-0.2, -0.15) is 0 Å². The van der Waals surface area contributed by atoms with E-state index in [1.54, 1.807) is 13.8 Å². The SMILES string of the molecule is CC(CC1CC1)NC(=O)N[C@@H](C(=O)O)C(C)C. The summed E-state index contributed by atoms with van der Waals surface area (Å²) in [4.78, 5) is 22.5. The molecule has 0 saturated heterocycles. The van der Waals surface area contributed by atoms with Crippen LogP contribution in [0.25, 0.3) is 0 Å². The maximum absolute atomic E-state index is 11.6. The molecule has 17 heavy (non-hydrogen) atoms. The lowest BCUT2D eigenvalue weighted by atomic mass is 10.1. The van der Waals surface area contributed by atoms with E-state index in [0.717, 1.165) is 12.3 Å². The van der Waals surface area contributed by atoms with Crippen LogP contribution >= 0.6 is 0 Å². The lowest BCUT2D eigenvalue weighted by Crippen LogP contribution is -2.50. The highest BCUT2D eigenvalue weighted by Crippen LogP contribution is 2.33. The molecular formula is C12H22N2O3. The molecule has 1 rings (SSSR count). The summed E-state index contributed by atoms with van der Waals surface area (Å²) in [5, 5.41) is 14.2. The second kappa shape index (κ2) is 5.89. The zero-order chi connectivity index (χ0) is 13.0. The van der Waals surface area contributed by atoms with Crippen molar-refractivity contribution < 1.29 is 14.7 Å².